The fraction of sp³-hybridized carbons (Fsp3) is 0.194. The molecule has 1 unspecified atom stereocenters. The maximum Gasteiger partial charge on any atom is 0.255 e. The van der Waals surface area contributed by atoms with Crippen molar-refractivity contribution >= 4 is 56.8 Å². The second-order valence-electron chi connectivity index (χ2n) is 11.1. The number of ether oxygens (including phenoxy) is 2. The topological polar surface area (TPSA) is 90.3 Å². The van der Waals surface area contributed by atoms with E-state index in [4.69, 9.17) is 31.2 Å². The Morgan fingerprint density at radius 1 is 1.02 bits per heavy atom. The van der Waals surface area contributed by atoms with Crippen LogP contribution in [0.3, 0.4) is 0 Å². The molecule has 1 aromatic heterocycles. The van der Waals surface area contributed by atoms with Gasteiger partial charge in [-0.1, -0.05) is 87.8 Å². The summed E-state index contributed by atoms with van der Waals surface area (Å²) in [5, 5.41) is 12.6. The Morgan fingerprint density at radius 3 is 2.57 bits per heavy atom. The minimum absolute atomic E-state index is 0.241. The number of carbonyl (C=O) groups is 1. The lowest BCUT2D eigenvalue weighted by Gasteiger charge is -2.29. The van der Waals surface area contributed by atoms with Gasteiger partial charge in [0.2, 0.25) is 11.1 Å². The summed E-state index contributed by atoms with van der Waals surface area (Å²) < 4.78 is 14.7. The van der Waals surface area contributed by atoms with Gasteiger partial charge in [0, 0.05) is 26.6 Å². The molecule has 1 aliphatic heterocycles. The standard InChI is InChI=1S/C36H33BrClN5O3S/c1-21-8-7-11-29(22(21)2)40-34(44)32-23(3)39-35-41-36(47-20-26-9-5-6-10-28(26)38)42-43(35)33(32)25-14-17-30(31(18-25)45-4)46-19-24-12-15-27(37)16-13-24/h5-18,33H,19-20H2,1-4H3,(H,40,44)(H,39,41,42). The zero-order chi connectivity index (χ0) is 33.1. The van der Waals surface area contributed by atoms with Crippen LogP contribution in [-0.2, 0) is 17.2 Å². The molecule has 47 heavy (non-hydrogen) atoms. The molecule has 4 aromatic carbocycles. The van der Waals surface area contributed by atoms with Crippen LogP contribution in [0.5, 0.6) is 11.5 Å². The van der Waals surface area contributed by atoms with Crippen LogP contribution in [0, 0.1) is 13.8 Å². The first-order chi connectivity index (χ1) is 22.7. The second-order valence-corrected chi connectivity index (χ2v) is 13.4. The van der Waals surface area contributed by atoms with E-state index in [2.05, 4.69) is 26.6 Å². The Balaban J connectivity index is 1.35. The lowest BCUT2D eigenvalue weighted by Crippen LogP contribution is -2.31. The van der Waals surface area contributed by atoms with Gasteiger partial charge >= 0.3 is 0 Å². The van der Waals surface area contributed by atoms with E-state index < -0.39 is 6.04 Å². The molecule has 0 spiro atoms. The van der Waals surface area contributed by atoms with Gasteiger partial charge in [0.05, 0.1) is 12.7 Å². The molecule has 240 valence electrons. The third-order valence-electron chi connectivity index (χ3n) is 8.06. The van der Waals surface area contributed by atoms with Crippen molar-refractivity contribution in [1.82, 2.24) is 14.8 Å². The van der Waals surface area contributed by atoms with Crippen molar-refractivity contribution in [2.75, 3.05) is 17.7 Å². The number of benzene rings is 4. The Bertz CT molecular complexity index is 1980. The van der Waals surface area contributed by atoms with Gasteiger partial charge in [0.25, 0.3) is 5.91 Å². The number of carbonyl (C=O) groups excluding carboxylic acids is 1. The Morgan fingerprint density at radius 2 is 1.81 bits per heavy atom. The molecular formula is C36H33BrClN5O3S. The van der Waals surface area contributed by atoms with E-state index in [9.17, 15) is 4.79 Å². The Labute approximate surface area is 291 Å². The molecule has 1 amide bonds. The second kappa shape index (κ2) is 14.3. The number of hydrogen-bond acceptors (Lipinski definition) is 7. The molecule has 0 fully saturated rings. The van der Waals surface area contributed by atoms with Crippen LogP contribution in [-0.4, -0.2) is 27.8 Å². The molecule has 0 aliphatic carbocycles. The zero-order valence-electron chi connectivity index (χ0n) is 26.3. The summed E-state index contributed by atoms with van der Waals surface area (Å²) in [5.41, 5.74) is 6.84. The van der Waals surface area contributed by atoms with E-state index in [1.165, 1.54) is 11.8 Å². The number of thioether (sulfide) groups is 1. The van der Waals surface area contributed by atoms with Gasteiger partial charge < -0.3 is 20.1 Å². The normalized spacial score (nSPS) is 14.0. The average molecular weight is 731 g/mol. The van der Waals surface area contributed by atoms with E-state index in [1.54, 1.807) is 11.8 Å². The molecule has 1 aliphatic rings. The van der Waals surface area contributed by atoms with E-state index in [0.29, 0.717) is 51.3 Å². The number of aryl methyl sites for hydroxylation is 1. The first-order valence-corrected chi connectivity index (χ1v) is 17.1. The van der Waals surface area contributed by atoms with Crippen LogP contribution in [0.25, 0.3) is 0 Å². The maximum atomic E-state index is 14.1. The Kier molecular flexibility index (Phi) is 9.91. The van der Waals surface area contributed by atoms with Crippen molar-refractivity contribution in [3.8, 4) is 11.5 Å². The highest BCUT2D eigenvalue weighted by Crippen LogP contribution is 2.40. The first-order valence-electron chi connectivity index (χ1n) is 14.9. The number of nitrogens with one attached hydrogen (secondary N) is 2. The lowest BCUT2D eigenvalue weighted by molar-refractivity contribution is -0.113. The number of methoxy groups -OCH3 is 1. The van der Waals surface area contributed by atoms with Gasteiger partial charge in [-0.2, -0.15) is 4.98 Å². The van der Waals surface area contributed by atoms with Crippen LogP contribution in [0.15, 0.2) is 106 Å². The SMILES string of the molecule is COc1cc(C2C(C(=O)Nc3cccc(C)c3C)=C(C)Nc3nc(SCc4ccccc4Cl)nn32)ccc1OCc1ccc(Br)cc1. The van der Waals surface area contributed by atoms with E-state index in [-0.39, 0.29) is 5.91 Å². The molecule has 2 heterocycles. The van der Waals surface area contributed by atoms with Crippen LogP contribution >= 0.6 is 39.3 Å². The highest BCUT2D eigenvalue weighted by atomic mass is 79.9. The molecule has 8 nitrogen and oxygen atoms in total. The highest BCUT2D eigenvalue weighted by Gasteiger charge is 2.35. The smallest absolute Gasteiger partial charge is 0.255 e. The number of rotatable bonds is 10. The van der Waals surface area contributed by atoms with Crippen LogP contribution in [0.4, 0.5) is 11.6 Å². The van der Waals surface area contributed by atoms with Gasteiger partial charge in [0.15, 0.2) is 11.5 Å². The molecule has 1 atom stereocenters. The zero-order valence-corrected chi connectivity index (χ0v) is 29.5. The van der Waals surface area contributed by atoms with Crippen molar-refractivity contribution in [1.29, 1.82) is 0 Å². The molecule has 2 N–H and O–H groups in total. The molecular weight excluding hydrogens is 698 g/mol. The summed E-state index contributed by atoms with van der Waals surface area (Å²) >= 11 is 11.4. The summed E-state index contributed by atoms with van der Waals surface area (Å²) in [6, 6.07) is 26.7. The third-order valence-corrected chi connectivity index (χ3v) is 9.84. The quantitative estimate of drug-likeness (QED) is 0.139. The number of allylic oxidation sites excluding steroid dienone is 1. The number of amides is 1. The van der Waals surface area contributed by atoms with Gasteiger partial charge in [-0.15, -0.1) is 5.10 Å². The largest absolute Gasteiger partial charge is 0.493 e. The third kappa shape index (κ3) is 7.20. The number of fused-ring (bicyclic) bond motifs is 1. The number of nitrogens with zero attached hydrogens (tertiary/aromatic N) is 3. The number of halogens is 2. The monoisotopic (exact) mass is 729 g/mol. The lowest BCUT2D eigenvalue weighted by atomic mass is 9.94. The van der Waals surface area contributed by atoms with E-state index in [0.717, 1.165) is 38.0 Å². The summed E-state index contributed by atoms with van der Waals surface area (Å²) in [4.78, 5) is 18.9. The minimum Gasteiger partial charge on any atom is -0.493 e. The summed E-state index contributed by atoms with van der Waals surface area (Å²) in [7, 11) is 1.60. The van der Waals surface area contributed by atoms with Crippen molar-refractivity contribution < 1.29 is 14.3 Å². The fourth-order valence-electron chi connectivity index (χ4n) is 5.34. The molecule has 11 heteroatoms. The minimum atomic E-state index is -0.604. The predicted molar refractivity (Wildman–Crippen MR) is 192 cm³/mol. The van der Waals surface area contributed by atoms with Crippen LogP contribution in [0.2, 0.25) is 5.02 Å². The number of aromatic nitrogens is 3. The molecule has 0 saturated heterocycles. The Hall–Kier alpha value is -4.25. The fourth-order valence-corrected chi connectivity index (χ4v) is 6.72. The summed E-state index contributed by atoms with van der Waals surface area (Å²) in [6.07, 6.45) is 0. The average Bonchev–Trinajstić information content (AvgIpc) is 3.47. The summed E-state index contributed by atoms with van der Waals surface area (Å²) in [5.74, 6) is 2.02. The van der Waals surface area contributed by atoms with Crippen molar-refractivity contribution in [2.24, 2.45) is 0 Å². The van der Waals surface area contributed by atoms with Crippen molar-refractivity contribution in [2.45, 2.75) is 44.3 Å². The highest BCUT2D eigenvalue weighted by molar-refractivity contribution is 9.10. The van der Waals surface area contributed by atoms with Crippen LogP contribution < -0.4 is 20.1 Å². The molecule has 0 saturated carbocycles. The van der Waals surface area contributed by atoms with Gasteiger partial charge in [-0.25, -0.2) is 4.68 Å². The van der Waals surface area contributed by atoms with Gasteiger partial charge in [0.1, 0.15) is 12.6 Å². The maximum absolute atomic E-state index is 14.1. The van der Waals surface area contributed by atoms with Crippen molar-refractivity contribution in [3.63, 3.8) is 0 Å². The number of hydrogen-bond donors (Lipinski definition) is 2. The first kappa shape index (κ1) is 32.7. The van der Waals surface area contributed by atoms with Crippen LogP contribution in [0.1, 0.15) is 40.8 Å². The molecule has 5 aromatic rings. The van der Waals surface area contributed by atoms with E-state index >= 15 is 0 Å². The van der Waals surface area contributed by atoms with Crippen molar-refractivity contribution in [3.05, 3.63) is 134 Å². The summed E-state index contributed by atoms with van der Waals surface area (Å²) in [6.45, 7) is 6.28. The van der Waals surface area contributed by atoms with E-state index in [1.807, 2.05) is 106 Å². The molecule has 0 bridgehead atoms. The molecule has 0 radical (unpaired) electrons. The van der Waals surface area contributed by atoms with Gasteiger partial charge in [-0.05, 0) is 85.0 Å². The predicted octanol–water partition coefficient (Wildman–Crippen LogP) is 9.12. The number of anilines is 2. The molecule has 6 rings (SSSR count). The van der Waals surface area contributed by atoms with Gasteiger partial charge in [-0.3, -0.25) is 4.79 Å².